The van der Waals surface area contributed by atoms with E-state index in [0.29, 0.717) is 5.41 Å². The molecular formula is C15H15+. The highest BCUT2D eigenvalue weighted by atomic mass is 14.3. The van der Waals surface area contributed by atoms with Crippen LogP contribution in [0.15, 0.2) is 36.4 Å². The Hall–Kier alpha value is -1.43. The largest absolute Gasteiger partial charge is 0.138 e. The summed E-state index contributed by atoms with van der Waals surface area (Å²) in [4.78, 5) is 0. The van der Waals surface area contributed by atoms with Gasteiger partial charge < -0.3 is 0 Å². The lowest BCUT2D eigenvalue weighted by Crippen LogP contribution is -2.20. The molecule has 74 valence electrons. The van der Waals surface area contributed by atoms with Crippen LogP contribution in [0.5, 0.6) is 0 Å². The normalized spacial score (nSPS) is 17.5. The van der Waals surface area contributed by atoms with E-state index in [1.54, 1.807) is 0 Å². The zero-order chi connectivity index (χ0) is 10.5. The first-order valence-corrected chi connectivity index (χ1v) is 5.52. The van der Waals surface area contributed by atoms with Gasteiger partial charge in [-0.3, -0.25) is 0 Å². The van der Waals surface area contributed by atoms with Crippen molar-refractivity contribution in [2.24, 2.45) is 5.41 Å². The highest BCUT2D eigenvalue weighted by Crippen LogP contribution is 2.39. The first-order valence-electron chi connectivity index (χ1n) is 5.52. The van der Waals surface area contributed by atoms with Gasteiger partial charge in [-0.05, 0) is 38.1 Å². The maximum absolute atomic E-state index is 2.41. The molecule has 0 amide bonds. The van der Waals surface area contributed by atoms with Crippen molar-refractivity contribution in [3.8, 4) is 0 Å². The molecule has 1 aliphatic rings. The van der Waals surface area contributed by atoms with Crippen molar-refractivity contribution in [2.75, 3.05) is 0 Å². The Kier molecular flexibility index (Phi) is 1.64. The second-order valence-corrected chi connectivity index (χ2v) is 5.17. The maximum atomic E-state index is 2.41. The van der Waals surface area contributed by atoms with Crippen molar-refractivity contribution in [3.05, 3.63) is 53.9 Å². The molecule has 0 saturated carbocycles. The standard InChI is InChI=1S/C15H15/c1-15(2)9-12-7-3-5-11-6-4-8-13(10-15)14(11)12/h3-9H,10H2,1-2H3/q+1. The van der Waals surface area contributed by atoms with Crippen molar-refractivity contribution in [3.63, 3.8) is 0 Å². The van der Waals surface area contributed by atoms with Gasteiger partial charge in [0.1, 0.15) is 5.56 Å². The van der Waals surface area contributed by atoms with Crippen LogP contribution in [0, 0.1) is 11.8 Å². The molecule has 3 rings (SSSR count). The van der Waals surface area contributed by atoms with Gasteiger partial charge in [0.25, 0.3) is 0 Å². The van der Waals surface area contributed by atoms with E-state index in [2.05, 4.69) is 56.7 Å². The smallest absolute Gasteiger partial charge is 0.0590 e. The van der Waals surface area contributed by atoms with E-state index in [4.69, 9.17) is 0 Å². The molecule has 2 aromatic rings. The quantitative estimate of drug-likeness (QED) is 0.558. The summed E-state index contributed by atoms with van der Waals surface area (Å²) in [6.45, 7) is 4.61. The summed E-state index contributed by atoms with van der Waals surface area (Å²) < 4.78 is 0. The van der Waals surface area contributed by atoms with Crippen LogP contribution >= 0.6 is 0 Å². The molecule has 0 saturated heterocycles. The van der Waals surface area contributed by atoms with Crippen LogP contribution in [0.1, 0.15) is 25.0 Å². The Morgan fingerprint density at radius 2 is 1.80 bits per heavy atom. The number of hydrogen-bond acceptors (Lipinski definition) is 0. The van der Waals surface area contributed by atoms with Crippen LogP contribution in [-0.2, 0) is 6.42 Å². The van der Waals surface area contributed by atoms with Crippen molar-refractivity contribution < 1.29 is 0 Å². The van der Waals surface area contributed by atoms with E-state index in [0.717, 1.165) is 6.42 Å². The Morgan fingerprint density at radius 1 is 1.07 bits per heavy atom. The SMILES string of the molecule is CC1(C)[CH+]c2cccc3cccc(c23)C1. The summed E-state index contributed by atoms with van der Waals surface area (Å²) in [6.07, 6.45) is 3.56. The molecule has 0 atom stereocenters. The van der Waals surface area contributed by atoms with Crippen LogP contribution in [0.3, 0.4) is 0 Å². The van der Waals surface area contributed by atoms with Crippen LogP contribution in [0.4, 0.5) is 0 Å². The van der Waals surface area contributed by atoms with Gasteiger partial charge >= 0.3 is 0 Å². The molecule has 0 N–H and O–H groups in total. The summed E-state index contributed by atoms with van der Waals surface area (Å²) in [5.41, 5.74) is 3.19. The molecule has 0 fully saturated rings. The van der Waals surface area contributed by atoms with Crippen LogP contribution in [0.2, 0.25) is 0 Å². The van der Waals surface area contributed by atoms with Gasteiger partial charge in [-0.1, -0.05) is 6.07 Å². The van der Waals surface area contributed by atoms with Gasteiger partial charge in [-0.25, -0.2) is 0 Å². The average Bonchev–Trinajstić information content (AvgIpc) is 2.16. The molecule has 0 unspecified atom stereocenters. The van der Waals surface area contributed by atoms with Gasteiger partial charge in [-0.15, -0.1) is 0 Å². The lowest BCUT2D eigenvalue weighted by atomic mass is 9.73. The average molecular weight is 195 g/mol. The lowest BCUT2D eigenvalue weighted by molar-refractivity contribution is 0.440. The predicted molar refractivity (Wildman–Crippen MR) is 64.8 cm³/mol. The van der Waals surface area contributed by atoms with Gasteiger partial charge in [0.15, 0.2) is 0 Å². The zero-order valence-corrected chi connectivity index (χ0v) is 9.25. The third kappa shape index (κ3) is 1.32. The molecule has 0 heterocycles. The van der Waals surface area contributed by atoms with Crippen molar-refractivity contribution in [1.82, 2.24) is 0 Å². The molecule has 0 aromatic heterocycles. The summed E-state index contributed by atoms with van der Waals surface area (Å²) >= 11 is 0. The summed E-state index contributed by atoms with van der Waals surface area (Å²) in [7, 11) is 0. The summed E-state index contributed by atoms with van der Waals surface area (Å²) in [5, 5.41) is 2.83. The Labute approximate surface area is 90.9 Å². The second kappa shape index (κ2) is 2.79. The number of benzene rings is 2. The summed E-state index contributed by atoms with van der Waals surface area (Å²) in [6, 6.07) is 13.2. The van der Waals surface area contributed by atoms with Crippen LogP contribution in [0.25, 0.3) is 10.8 Å². The third-order valence-corrected chi connectivity index (χ3v) is 3.22. The molecule has 0 radical (unpaired) electrons. The van der Waals surface area contributed by atoms with Crippen molar-refractivity contribution in [1.29, 1.82) is 0 Å². The zero-order valence-electron chi connectivity index (χ0n) is 9.25. The minimum Gasteiger partial charge on any atom is -0.0590 e. The van der Waals surface area contributed by atoms with E-state index in [9.17, 15) is 0 Å². The Bertz CT molecular complexity index is 478. The van der Waals surface area contributed by atoms with Crippen LogP contribution in [-0.4, -0.2) is 0 Å². The summed E-state index contributed by atoms with van der Waals surface area (Å²) in [5.74, 6) is 0. The molecule has 0 heteroatoms. The van der Waals surface area contributed by atoms with Gasteiger partial charge in [-0.2, -0.15) is 0 Å². The lowest BCUT2D eigenvalue weighted by Gasteiger charge is -2.25. The van der Waals surface area contributed by atoms with E-state index in [1.807, 2.05) is 0 Å². The fourth-order valence-electron chi connectivity index (χ4n) is 2.68. The fourth-order valence-corrected chi connectivity index (χ4v) is 2.68. The van der Waals surface area contributed by atoms with Gasteiger partial charge in [0.2, 0.25) is 0 Å². The molecular weight excluding hydrogens is 180 g/mol. The van der Waals surface area contributed by atoms with Crippen molar-refractivity contribution in [2.45, 2.75) is 20.3 Å². The van der Waals surface area contributed by atoms with Gasteiger partial charge in [0.05, 0.1) is 5.39 Å². The fraction of sp³-hybridized carbons (Fsp3) is 0.267. The van der Waals surface area contributed by atoms with Crippen LogP contribution < -0.4 is 0 Å². The molecule has 0 spiro atoms. The highest BCUT2D eigenvalue weighted by molar-refractivity contribution is 5.91. The number of hydrogen-bond donors (Lipinski definition) is 0. The highest BCUT2D eigenvalue weighted by Gasteiger charge is 2.32. The van der Waals surface area contributed by atoms with E-state index in [1.165, 1.54) is 21.9 Å². The minimum absolute atomic E-state index is 0.294. The Balaban J connectivity index is 2.36. The third-order valence-electron chi connectivity index (χ3n) is 3.22. The molecule has 0 nitrogen and oxygen atoms in total. The molecule has 0 aliphatic heterocycles. The maximum Gasteiger partial charge on any atom is 0.138 e. The van der Waals surface area contributed by atoms with E-state index >= 15 is 0 Å². The molecule has 15 heavy (non-hydrogen) atoms. The number of rotatable bonds is 0. The second-order valence-electron chi connectivity index (χ2n) is 5.17. The van der Waals surface area contributed by atoms with Gasteiger partial charge in [0, 0.05) is 35.3 Å². The Morgan fingerprint density at radius 3 is 2.60 bits per heavy atom. The predicted octanol–water partition coefficient (Wildman–Crippen LogP) is 3.97. The topological polar surface area (TPSA) is 0 Å². The van der Waals surface area contributed by atoms with Crippen molar-refractivity contribution >= 4 is 10.8 Å². The first-order chi connectivity index (χ1) is 7.16. The molecule has 1 aliphatic carbocycles. The van der Waals surface area contributed by atoms with E-state index < -0.39 is 0 Å². The van der Waals surface area contributed by atoms with E-state index in [-0.39, 0.29) is 0 Å². The monoisotopic (exact) mass is 195 g/mol. The first kappa shape index (κ1) is 8.84. The molecule has 0 bridgehead atoms. The minimum atomic E-state index is 0.294. The molecule has 2 aromatic carbocycles.